The largest absolute Gasteiger partial charge is 0.495 e. The van der Waals surface area contributed by atoms with Gasteiger partial charge >= 0.3 is 0 Å². The van der Waals surface area contributed by atoms with Gasteiger partial charge in [-0.15, -0.1) is 0 Å². The summed E-state index contributed by atoms with van der Waals surface area (Å²) in [7, 11) is 3.17. The lowest BCUT2D eigenvalue weighted by atomic mass is 10.2. The summed E-state index contributed by atoms with van der Waals surface area (Å²) < 4.78 is 11.5. The molecule has 0 spiro atoms. The molecule has 0 saturated carbocycles. The quantitative estimate of drug-likeness (QED) is 0.742. The van der Waals surface area contributed by atoms with Crippen molar-refractivity contribution in [1.82, 2.24) is 0 Å². The van der Waals surface area contributed by atoms with E-state index in [4.69, 9.17) is 32.7 Å². The molecule has 2 aromatic rings. The van der Waals surface area contributed by atoms with Crippen LogP contribution in [0.5, 0.6) is 11.5 Å². The van der Waals surface area contributed by atoms with Crippen LogP contribution >= 0.6 is 39.1 Å². The predicted octanol–water partition coefficient (Wildman–Crippen LogP) is 5.39. The van der Waals surface area contributed by atoms with E-state index in [1.807, 2.05) is 18.2 Å². The highest BCUT2D eigenvalue weighted by atomic mass is 79.9. The van der Waals surface area contributed by atoms with Crippen LogP contribution in [0, 0.1) is 0 Å². The standard InChI is InChI=1S/C15H14BrCl2NO2/c1-20-14-7-15(21-2)13(6-12(14)18)19-8-9-5-10(17)3-4-11(9)16/h3-7,19H,8H2,1-2H3. The Bertz CT molecular complexity index is 650. The number of hydrogen-bond donors (Lipinski definition) is 1. The number of anilines is 1. The molecule has 0 aromatic heterocycles. The number of rotatable bonds is 5. The highest BCUT2D eigenvalue weighted by Gasteiger charge is 2.10. The highest BCUT2D eigenvalue weighted by Crippen LogP contribution is 2.36. The lowest BCUT2D eigenvalue weighted by Crippen LogP contribution is -2.02. The van der Waals surface area contributed by atoms with E-state index in [2.05, 4.69) is 21.2 Å². The summed E-state index contributed by atoms with van der Waals surface area (Å²) in [5, 5.41) is 4.50. The Morgan fingerprint density at radius 1 is 1.05 bits per heavy atom. The van der Waals surface area contributed by atoms with E-state index in [0.717, 1.165) is 15.7 Å². The van der Waals surface area contributed by atoms with Crippen molar-refractivity contribution in [1.29, 1.82) is 0 Å². The van der Waals surface area contributed by atoms with E-state index in [-0.39, 0.29) is 0 Å². The first kappa shape index (κ1) is 16.3. The van der Waals surface area contributed by atoms with Gasteiger partial charge in [-0.3, -0.25) is 0 Å². The molecule has 2 rings (SSSR count). The Morgan fingerprint density at radius 3 is 2.43 bits per heavy atom. The van der Waals surface area contributed by atoms with Gasteiger partial charge in [0.2, 0.25) is 0 Å². The molecule has 112 valence electrons. The fraction of sp³-hybridized carbons (Fsp3) is 0.200. The number of ether oxygens (including phenoxy) is 2. The van der Waals surface area contributed by atoms with Gasteiger partial charge in [0.15, 0.2) is 0 Å². The first-order chi connectivity index (χ1) is 10.0. The van der Waals surface area contributed by atoms with Gasteiger partial charge < -0.3 is 14.8 Å². The van der Waals surface area contributed by atoms with Crippen LogP contribution in [0.15, 0.2) is 34.8 Å². The Morgan fingerprint density at radius 2 is 1.76 bits per heavy atom. The molecule has 1 N–H and O–H groups in total. The van der Waals surface area contributed by atoms with Crippen molar-refractivity contribution in [2.24, 2.45) is 0 Å². The van der Waals surface area contributed by atoms with Gasteiger partial charge in [-0.25, -0.2) is 0 Å². The lowest BCUT2D eigenvalue weighted by molar-refractivity contribution is 0.395. The fourth-order valence-electron chi connectivity index (χ4n) is 1.87. The maximum Gasteiger partial charge on any atom is 0.145 e. The summed E-state index contributed by atoms with van der Waals surface area (Å²) in [6.07, 6.45) is 0. The molecule has 0 bridgehead atoms. The Kier molecular flexibility index (Phi) is 5.62. The van der Waals surface area contributed by atoms with E-state index in [0.29, 0.717) is 28.1 Å². The zero-order valence-electron chi connectivity index (χ0n) is 11.5. The molecule has 0 fully saturated rings. The van der Waals surface area contributed by atoms with Crippen LogP contribution in [0.2, 0.25) is 10.0 Å². The molecule has 3 nitrogen and oxygen atoms in total. The SMILES string of the molecule is COc1cc(OC)c(NCc2cc(Cl)ccc2Br)cc1Cl. The molecule has 6 heteroatoms. The average molecular weight is 391 g/mol. The summed E-state index contributed by atoms with van der Waals surface area (Å²) in [5.41, 5.74) is 1.83. The normalized spacial score (nSPS) is 10.3. The Hall–Kier alpha value is -1.10. The van der Waals surface area contributed by atoms with Crippen LogP contribution in [0.3, 0.4) is 0 Å². The van der Waals surface area contributed by atoms with Gasteiger partial charge in [-0.2, -0.15) is 0 Å². The van der Waals surface area contributed by atoms with Crippen LogP contribution in [-0.4, -0.2) is 14.2 Å². The molecule has 0 aliphatic rings. The summed E-state index contributed by atoms with van der Waals surface area (Å²) in [4.78, 5) is 0. The van der Waals surface area contributed by atoms with E-state index in [9.17, 15) is 0 Å². The maximum atomic E-state index is 6.15. The van der Waals surface area contributed by atoms with E-state index in [1.54, 1.807) is 26.4 Å². The van der Waals surface area contributed by atoms with Crippen LogP contribution in [-0.2, 0) is 6.54 Å². The fourth-order valence-corrected chi connectivity index (χ4v) is 2.69. The van der Waals surface area contributed by atoms with Crippen molar-refractivity contribution in [2.45, 2.75) is 6.54 Å². The van der Waals surface area contributed by atoms with Gasteiger partial charge in [0.1, 0.15) is 11.5 Å². The van der Waals surface area contributed by atoms with Crippen LogP contribution in [0.25, 0.3) is 0 Å². The highest BCUT2D eigenvalue weighted by molar-refractivity contribution is 9.10. The number of hydrogen-bond acceptors (Lipinski definition) is 3. The van der Waals surface area contributed by atoms with Crippen LogP contribution in [0.1, 0.15) is 5.56 Å². The molecule has 2 aromatic carbocycles. The topological polar surface area (TPSA) is 30.5 Å². The molecule has 0 aliphatic carbocycles. The second-order valence-electron chi connectivity index (χ2n) is 4.28. The van der Waals surface area contributed by atoms with Crippen molar-refractivity contribution in [3.63, 3.8) is 0 Å². The van der Waals surface area contributed by atoms with Crippen molar-refractivity contribution in [2.75, 3.05) is 19.5 Å². The van der Waals surface area contributed by atoms with Gasteiger partial charge in [-0.1, -0.05) is 39.1 Å². The summed E-state index contributed by atoms with van der Waals surface area (Å²) in [6.45, 7) is 0.583. The van der Waals surface area contributed by atoms with Gasteiger partial charge in [0.05, 0.1) is 24.9 Å². The van der Waals surface area contributed by atoms with E-state index < -0.39 is 0 Å². The zero-order valence-corrected chi connectivity index (χ0v) is 14.6. The molecule has 0 atom stereocenters. The predicted molar refractivity (Wildman–Crippen MR) is 91.0 cm³/mol. The molecule has 0 amide bonds. The number of halogens is 3. The Labute approximate surface area is 142 Å². The molecule has 0 radical (unpaired) electrons. The molecule has 0 heterocycles. The van der Waals surface area contributed by atoms with Crippen molar-refractivity contribution >= 4 is 44.8 Å². The van der Waals surface area contributed by atoms with E-state index in [1.165, 1.54) is 0 Å². The molecule has 0 aliphatic heterocycles. The molecular formula is C15H14BrCl2NO2. The van der Waals surface area contributed by atoms with Crippen molar-refractivity contribution < 1.29 is 9.47 Å². The Balaban J connectivity index is 2.23. The van der Waals surface area contributed by atoms with Crippen molar-refractivity contribution in [3.05, 3.63) is 50.4 Å². The second-order valence-corrected chi connectivity index (χ2v) is 5.97. The number of nitrogens with one attached hydrogen (secondary N) is 1. The molecular weight excluding hydrogens is 377 g/mol. The molecule has 0 saturated heterocycles. The minimum atomic E-state index is 0.519. The third kappa shape index (κ3) is 3.96. The summed E-state index contributed by atoms with van der Waals surface area (Å²) >= 11 is 15.7. The molecule has 21 heavy (non-hydrogen) atoms. The van der Waals surface area contributed by atoms with Gasteiger partial charge in [0, 0.05) is 22.1 Å². The zero-order chi connectivity index (χ0) is 15.4. The molecule has 0 unspecified atom stereocenters. The third-order valence-electron chi connectivity index (χ3n) is 2.95. The summed E-state index contributed by atoms with van der Waals surface area (Å²) in [5.74, 6) is 1.23. The van der Waals surface area contributed by atoms with Crippen molar-refractivity contribution in [3.8, 4) is 11.5 Å². The minimum Gasteiger partial charge on any atom is -0.495 e. The minimum absolute atomic E-state index is 0.519. The number of benzene rings is 2. The second kappa shape index (κ2) is 7.25. The first-order valence-corrected chi connectivity index (χ1v) is 7.69. The first-order valence-electron chi connectivity index (χ1n) is 6.14. The van der Waals surface area contributed by atoms with Crippen LogP contribution < -0.4 is 14.8 Å². The smallest absolute Gasteiger partial charge is 0.145 e. The van der Waals surface area contributed by atoms with E-state index >= 15 is 0 Å². The third-order valence-corrected chi connectivity index (χ3v) is 4.26. The average Bonchev–Trinajstić information content (AvgIpc) is 2.48. The van der Waals surface area contributed by atoms with Crippen LogP contribution in [0.4, 0.5) is 5.69 Å². The monoisotopic (exact) mass is 389 g/mol. The maximum absolute atomic E-state index is 6.15. The van der Waals surface area contributed by atoms with Gasteiger partial charge in [-0.05, 0) is 29.8 Å². The van der Waals surface area contributed by atoms with Gasteiger partial charge in [0.25, 0.3) is 0 Å². The lowest BCUT2D eigenvalue weighted by Gasteiger charge is -2.14. The summed E-state index contributed by atoms with van der Waals surface area (Å²) in [6, 6.07) is 9.17. The number of methoxy groups -OCH3 is 2.